The van der Waals surface area contributed by atoms with Crippen LogP contribution in [0.2, 0.25) is 0 Å². The second-order valence-electron chi connectivity index (χ2n) is 3.96. The van der Waals surface area contributed by atoms with Crippen molar-refractivity contribution in [2.45, 2.75) is 45.4 Å². The molecule has 0 spiro atoms. The Kier molecular flexibility index (Phi) is 8.65. The van der Waals surface area contributed by atoms with Crippen molar-refractivity contribution in [3.05, 3.63) is 24.8 Å². The molecule has 1 heteroatoms. The molecule has 0 heterocycles. The predicted molar refractivity (Wildman–Crippen MR) is 65.3 cm³/mol. The summed E-state index contributed by atoms with van der Waals surface area (Å²) in [4.78, 5) is 0. The summed E-state index contributed by atoms with van der Waals surface area (Å²) in [6.07, 6.45) is 9.25. The number of unbranched alkanes of at least 4 members (excludes halogenated alkanes) is 1. The van der Waals surface area contributed by atoms with E-state index in [1.165, 1.54) is 37.7 Å². The van der Waals surface area contributed by atoms with E-state index in [1.54, 1.807) is 0 Å². The van der Waals surface area contributed by atoms with Gasteiger partial charge in [-0.2, -0.15) is 0 Å². The van der Waals surface area contributed by atoms with Crippen LogP contribution in [0, 0.1) is 5.92 Å². The Morgan fingerprint density at radius 3 is 2.57 bits per heavy atom. The van der Waals surface area contributed by atoms with Crippen molar-refractivity contribution in [3.63, 3.8) is 0 Å². The van der Waals surface area contributed by atoms with Crippen molar-refractivity contribution in [1.29, 1.82) is 0 Å². The Bertz CT molecular complexity index is 161. The Morgan fingerprint density at radius 1 is 1.36 bits per heavy atom. The van der Waals surface area contributed by atoms with Gasteiger partial charge in [-0.3, -0.25) is 0 Å². The molecule has 1 nitrogen and oxygen atoms in total. The van der Waals surface area contributed by atoms with Crippen molar-refractivity contribution < 1.29 is 0 Å². The second kappa shape index (κ2) is 9.01. The highest BCUT2D eigenvalue weighted by Crippen LogP contribution is 2.20. The van der Waals surface area contributed by atoms with E-state index in [1.807, 2.05) is 6.08 Å². The molecule has 1 atom stereocenters. The molecule has 0 amide bonds. The number of hydrogen-bond donors (Lipinski definition) is 1. The van der Waals surface area contributed by atoms with Gasteiger partial charge in [-0.05, 0) is 31.7 Å². The fourth-order valence-electron chi connectivity index (χ4n) is 1.62. The van der Waals surface area contributed by atoms with Crippen molar-refractivity contribution in [2.75, 3.05) is 6.54 Å². The molecule has 0 fully saturated rings. The fourth-order valence-corrected chi connectivity index (χ4v) is 1.62. The highest BCUT2D eigenvalue weighted by Gasteiger charge is 2.05. The Morgan fingerprint density at radius 2 is 2.07 bits per heavy atom. The van der Waals surface area contributed by atoms with Crippen molar-refractivity contribution in [3.8, 4) is 0 Å². The molecule has 0 rings (SSSR count). The van der Waals surface area contributed by atoms with Gasteiger partial charge < -0.3 is 5.73 Å². The van der Waals surface area contributed by atoms with Gasteiger partial charge in [0.15, 0.2) is 0 Å². The van der Waals surface area contributed by atoms with E-state index in [9.17, 15) is 0 Å². The van der Waals surface area contributed by atoms with Crippen molar-refractivity contribution >= 4 is 0 Å². The van der Waals surface area contributed by atoms with Crippen molar-refractivity contribution in [2.24, 2.45) is 11.7 Å². The lowest BCUT2D eigenvalue weighted by Crippen LogP contribution is -2.03. The quantitative estimate of drug-likeness (QED) is 0.441. The zero-order valence-corrected chi connectivity index (χ0v) is 9.60. The number of allylic oxidation sites excluding steroid dienone is 2. The SMILES string of the molecule is C=CC(=C)CCC(CC)CCCCN. The molecule has 2 N–H and O–H groups in total. The molecule has 82 valence electrons. The molecular weight excluding hydrogens is 170 g/mol. The maximum atomic E-state index is 5.47. The Labute approximate surface area is 89.1 Å². The van der Waals surface area contributed by atoms with Gasteiger partial charge in [-0.25, -0.2) is 0 Å². The normalized spacial score (nSPS) is 12.4. The molecule has 0 aromatic heterocycles. The maximum absolute atomic E-state index is 5.47. The first-order chi connectivity index (χ1) is 6.74. The van der Waals surface area contributed by atoms with E-state index in [0.717, 1.165) is 18.9 Å². The van der Waals surface area contributed by atoms with Crippen LogP contribution in [-0.4, -0.2) is 6.54 Å². The number of hydrogen-bond acceptors (Lipinski definition) is 1. The first-order valence-electron chi connectivity index (χ1n) is 5.74. The van der Waals surface area contributed by atoms with E-state index in [-0.39, 0.29) is 0 Å². The molecule has 0 saturated heterocycles. The molecule has 14 heavy (non-hydrogen) atoms. The van der Waals surface area contributed by atoms with Crippen LogP contribution in [0.4, 0.5) is 0 Å². The Balaban J connectivity index is 3.57. The third-order valence-electron chi connectivity index (χ3n) is 2.81. The van der Waals surface area contributed by atoms with Crippen LogP contribution in [0.25, 0.3) is 0 Å². The minimum atomic E-state index is 0.829. The van der Waals surface area contributed by atoms with Gasteiger partial charge in [0.05, 0.1) is 0 Å². The van der Waals surface area contributed by atoms with Gasteiger partial charge in [0.1, 0.15) is 0 Å². The number of nitrogens with two attached hydrogens (primary N) is 1. The summed E-state index contributed by atoms with van der Waals surface area (Å²) in [5.74, 6) is 0.846. The third-order valence-corrected chi connectivity index (χ3v) is 2.81. The summed E-state index contributed by atoms with van der Waals surface area (Å²) in [7, 11) is 0. The summed E-state index contributed by atoms with van der Waals surface area (Å²) < 4.78 is 0. The number of rotatable bonds is 9. The molecule has 0 aromatic carbocycles. The van der Waals surface area contributed by atoms with Crippen LogP contribution in [0.3, 0.4) is 0 Å². The maximum Gasteiger partial charge on any atom is -0.00773 e. The average Bonchev–Trinajstić information content (AvgIpc) is 2.22. The summed E-state index contributed by atoms with van der Waals surface area (Å²) in [6, 6.07) is 0. The van der Waals surface area contributed by atoms with Gasteiger partial charge >= 0.3 is 0 Å². The smallest absolute Gasteiger partial charge is 0.00773 e. The Hall–Kier alpha value is -0.560. The molecular formula is C13H25N. The summed E-state index contributed by atoms with van der Waals surface area (Å²) in [5, 5.41) is 0. The molecule has 0 bridgehead atoms. The van der Waals surface area contributed by atoms with E-state index in [4.69, 9.17) is 5.73 Å². The first-order valence-corrected chi connectivity index (χ1v) is 5.74. The molecule has 1 unspecified atom stereocenters. The van der Waals surface area contributed by atoms with Gasteiger partial charge in [0, 0.05) is 0 Å². The zero-order chi connectivity index (χ0) is 10.8. The molecule has 0 aliphatic rings. The molecule has 0 saturated carbocycles. The second-order valence-corrected chi connectivity index (χ2v) is 3.96. The van der Waals surface area contributed by atoms with Gasteiger partial charge in [0.2, 0.25) is 0 Å². The van der Waals surface area contributed by atoms with Crippen LogP contribution < -0.4 is 5.73 Å². The summed E-state index contributed by atoms with van der Waals surface area (Å²) >= 11 is 0. The van der Waals surface area contributed by atoms with Crippen LogP contribution in [-0.2, 0) is 0 Å². The van der Waals surface area contributed by atoms with Gasteiger partial charge in [-0.15, -0.1) is 0 Å². The topological polar surface area (TPSA) is 26.0 Å². The monoisotopic (exact) mass is 195 g/mol. The fraction of sp³-hybridized carbons (Fsp3) is 0.692. The lowest BCUT2D eigenvalue weighted by Gasteiger charge is -2.14. The van der Waals surface area contributed by atoms with Crippen LogP contribution >= 0.6 is 0 Å². The third kappa shape index (κ3) is 6.90. The lowest BCUT2D eigenvalue weighted by atomic mass is 9.92. The van der Waals surface area contributed by atoms with E-state index < -0.39 is 0 Å². The minimum Gasteiger partial charge on any atom is -0.330 e. The van der Waals surface area contributed by atoms with E-state index in [2.05, 4.69) is 20.1 Å². The van der Waals surface area contributed by atoms with Crippen LogP contribution in [0.1, 0.15) is 45.4 Å². The minimum absolute atomic E-state index is 0.829. The zero-order valence-electron chi connectivity index (χ0n) is 9.60. The molecule has 0 radical (unpaired) electrons. The van der Waals surface area contributed by atoms with Crippen LogP contribution in [0.5, 0.6) is 0 Å². The van der Waals surface area contributed by atoms with Crippen molar-refractivity contribution in [1.82, 2.24) is 0 Å². The highest BCUT2D eigenvalue weighted by atomic mass is 14.5. The van der Waals surface area contributed by atoms with Gasteiger partial charge in [-0.1, -0.05) is 51.0 Å². The first kappa shape index (κ1) is 13.4. The highest BCUT2D eigenvalue weighted by molar-refractivity contribution is 5.10. The van der Waals surface area contributed by atoms with E-state index >= 15 is 0 Å². The molecule has 0 aliphatic carbocycles. The molecule has 0 aromatic rings. The standard InChI is InChI=1S/C13H25N/c1-4-12(3)9-10-13(5-2)8-6-7-11-14/h4,13H,1,3,5-11,14H2,2H3. The summed E-state index contributed by atoms with van der Waals surface area (Å²) in [5.41, 5.74) is 6.64. The van der Waals surface area contributed by atoms with Crippen LogP contribution in [0.15, 0.2) is 24.8 Å². The predicted octanol–water partition coefficient (Wildman–Crippen LogP) is 3.66. The largest absolute Gasteiger partial charge is 0.330 e. The van der Waals surface area contributed by atoms with E-state index in [0.29, 0.717) is 0 Å². The average molecular weight is 195 g/mol. The summed E-state index contributed by atoms with van der Waals surface area (Å²) in [6.45, 7) is 10.8. The lowest BCUT2D eigenvalue weighted by molar-refractivity contribution is 0.420. The molecule has 0 aliphatic heterocycles. The van der Waals surface area contributed by atoms with Gasteiger partial charge in [0.25, 0.3) is 0 Å².